The zero-order chi connectivity index (χ0) is 24.0. The van der Waals surface area contributed by atoms with Crippen LogP contribution in [0, 0.1) is 0 Å². The third kappa shape index (κ3) is 4.36. The molecule has 180 valence electrons. The van der Waals surface area contributed by atoms with Gasteiger partial charge in [-0.25, -0.2) is 9.97 Å². The first kappa shape index (κ1) is 23.1. The Labute approximate surface area is 205 Å². The number of hydrogen-bond donors (Lipinski definition) is 2. The van der Waals surface area contributed by atoms with Gasteiger partial charge < -0.3 is 20.4 Å². The molecule has 2 N–H and O–H groups in total. The van der Waals surface area contributed by atoms with Gasteiger partial charge in [-0.1, -0.05) is 44.5 Å². The van der Waals surface area contributed by atoms with Gasteiger partial charge >= 0.3 is 0 Å². The summed E-state index contributed by atoms with van der Waals surface area (Å²) >= 11 is 6.09. The molecule has 2 amide bonds. The zero-order valence-electron chi connectivity index (χ0n) is 19.8. The largest absolute Gasteiger partial charge is 0.349 e. The quantitative estimate of drug-likeness (QED) is 0.657. The van der Waals surface area contributed by atoms with Crippen molar-refractivity contribution in [3.63, 3.8) is 0 Å². The first-order chi connectivity index (χ1) is 16.3. The van der Waals surface area contributed by atoms with E-state index in [4.69, 9.17) is 11.6 Å². The maximum atomic E-state index is 13.8. The van der Waals surface area contributed by atoms with Crippen molar-refractivity contribution in [3.05, 3.63) is 46.7 Å². The predicted octanol–water partition coefficient (Wildman–Crippen LogP) is 3.15. The predicted molar refractivity (Wildman–Crippen MR) is 132 cm³/mol. The summed E-state index contributed by atoms with van der Waals surface area (Å²) in [6, 6.07) is 8.32. The summed E-state index contributed by atoms with van der Waals surface area (Å²) in [6.45, 7) is 8.17. The summed E-state index contributed by atoms with van der Waals surface area (Å²) in [6.07, 6.45) is 2.89. The smallest absolute Gasteiger partial charge is 0.231 e. The second-order valence-electron chi connectivity index (χ2n) is 9.88. The molecule has 1 aliphatic carbocycles. The summed E-state index contributed by atoms with van der Waals surface area (Å²) in [4.78, 5) is 39.0. The summed E-state index contributed by atoms with van der Waals surface area (Å²) in [5.41, 5.74) is 1.99. The van der Waals surface area contributed by atoms with E-state index in [-0.39, 0.29) is 35.7 Å². The van der Waals surface area contributed by atoms with E-state index in [0.29, 0.717) is 42.9 Å². The van der Waals surface area contributed by atoms with Gasteiger partial charge in [-0.2, -0.15) is 0 Å². The number of nitrogens with one attached hydrogen (secondary N) is 2. The minimum atomic E-state index is -0.255. The lowest BCUT2D eigenvalue weighted by atomic mass is 9.94. The highest BCUT2D eigenvalue weighted by Crippen LogP contribution is 2.44. The normalized spacial score (nSPS) is 24.4. The summed E-state index contributed by atoms with van der Waals surface area (Å²) in [5, 5.41) is 7.00. The number of carbonyl (C=O) groups is 2. The molecule has 1 unspecified atom stereocenters. The van der Waals surface area contributed by atoms with Crippen molar-refractivity contribution in [3.8, 4) is 0 Å². The van der Waals surface area contributed by atoms with E-state index in [1.54, 1.807) is 0 Å². The first-order valence-corrected chi connectivity index (χ1v) is 12.4. The van der Waals surface area contributed by atoms with Gasteiger partial charge in [0.05, 0.1) is 18.0 Å². The highest BCUT2D eigenvalue weighted by Gasteiger charge is 2.52. The third-order valence-corrected chi connectivity index (χ3v) is 7.32. The Kier molecular flexibility index (Phi) is 6.20. The minimum Gasteiger partial charge on any atom is -0.349 e. The Morgan fingerprint density at radius 1 is 1.21 bits per heavy atom. The number of anilines is 2. The van der Waals surface area contributed by atoms with Crippen LogP contribution in [-0.2, 0) is 9.59 Å². The van der Waals surface area contributed by atoms with Gasteiger partial charge in [-0.3, -0.25) is 9.59 Å². The number of carbonyl (C=O) groups excluding carboxylic acids is 2. The average molecular weight is 483 g/mol. The van der Waals surface area contributed by atoms with Crippen molar-refractivity contribution in [1.29, 1.82) is 0 Å². The van der Waals surface area contributed by atoms with Crippen molar-refractivity contribution >= 4 is 35.1 Å². The van der Waals surface area contributed by atoms with Gasteiger partial charge in [0.1, 0.15) is 18.0 Å². The van der Waals surface area contributed by atoms with Gasteiger partial charge in [0, 0.05) is 42.7 Å². The molecule has 5 rings (SSSR count). The first-order valence-electron chi connectivity index (χ1n) is 12.0. The minimum absolute atomic E-state index is 0.00684. The molecule has 1 saturated carbocycles. The van der Waals surface area contributed by atoms with Crippen LogP contribution in [0.1, 0.15) is 56.6 Å². The standard InChI is InChI=1S/C25H31ClN6O2/c1-14(2)27-12-18(16-4-6-17(26)7-5-16)25(34)32-9-8-31(19-11-20(19)32)24-22-15(3)10-21(33)30-23(22)28-13-29-24/h4-7,13-15,18-20,27H,8-12H2,1-3H3,(H,28,29,30,33)/t15-,18-,19?,20-/m1/s1. The van der Waals surface area contributed by atoms with E-state index in [2.05, 4.69) is 44.2 Å². The van der Waals surface area contributed by atoms with Crippen LogP contribution in [0.15, 0.2) is 30.6 Å². The highest BCUT2D eigenvalue weighted by atomic mass is 35.5. The van der Waals surface area contributed by atoms with Crippen LogP contribution < -0.4 is 15.5 Å². The number of fused-ring (bicyclic) bond motifs is 2. The summed E-state index contributed by atoms with van der Waals surface area (Å²) in [7, 11) is 0. The van der Waals surface area contributed by atoms with Crippen LogP contribution in [0.25, 0.3) is 0 Å². The maximum Gasteiger partial charge on any atom is 0.231 e. The van der Waals surface area contributed by atoms with Gasteiger partial charge in [-0.15, -0.1) is 0 Å². The molecule has 3 aliphatic rings. The van der Waals surface area contributed by atoms with Crippen LogP contribution >= 0.6 is 11.6 Å². The molecule has 0 spiro atoms. The molecule has 4 atom stereocenters. The molecule has 1 saturated heterocycles. The van der Waals surface area contributed by atoms with E-state index in [1.807, 2.05) is 31.2 Å². The second kappa shape index (κ2) is 9.15. The van der Waals surface area contributed by atoms with Crippen LogP contribution in [0.3, 0.4) is 0 Å². The van der Waals surface area contributed by atoms with Gasteiger partial charge in [-0.05, 0) is 30.0 Å². The molecule has 9 heteroatoms. The molecule has 1 aromatic carbocycles. The number of piperazine rings is 1. The van der Waals surface area contributed by atoms with Crippen LogP contribution in [0.4, 0.5) is 11.6 Å². The van der Waals surface area contributed by atoms with Crippen molar-refractivity contribution in [2.24, 2.45) is 0 Å². The number of aromatic nitrogens is 2. The molecule has 2 aliphatic heterocycles. The van der Waals surface area contributed by atoms with Crippen molar-refractivity contribution in [2.45, 2.75) is 63.6 Å². The Balaban J connectivity index is 1.35. The number of halogens is 1. The lowest BCUT2D eigenvalue weighted by Crippen LogP contribution is -2.51. The molecule has 3 heterocycles. The van der Waals surface area contributed by atoms with Crippen molar-refractivity contribution in [2.75, 3.05) is 29.9 Å². The Morgan fingerprint density at radius 3 is 2.71 bits per heavy atom. The number of benzene rings is 1. The number of nitrogens with zero attached hydrogens (tertiary/aromatic N) is 4. The monoisotopic (exact) mass is 482 g/mol. The molecular weight excluding hydrogens is 452 g/mol. The SMILES string of the molecule is CC(C)NC[C@@H](C(=O)N1CCN(c2ncnc3c2[C@H](C)CC(=O)N3)C2C[C@H]21)c1ccc(Cl)cc1. The van der Waals surface area contributed by atoms with E-state index in [1.165, 1.54) is 6.33 Å². The molecule has 0 bridgehead atoms. The third-order valence-electron chi connectivity index (χ3n) is 7.07. The zero-order valence-corrected chi connectivity index (χ0v) is 20.5. The van der Waals surface area contributed by atoms with Crippen molar-refractivity contribution in [1.82, 2.24) is 20.2 Å². The maximum absolute atomic E-state index is 13.8. The van der Waals surface area contributed by atoms with E-state index in [9.17, 15) is 9.59 Å². The van der Waals surface area contributed by atoms with Gasteiger partial charge in [0.25, 0.3) is 0 Å². The summed E-state index contributed by atoms with van der Waals surface area (Å²) in [5.74, 6) is 1.48. The van der Waals surface area contributed by atoms with Gasteiger partial charge in [0.15, 0.2) is 0 Å². The molecule has 0 radical (unpaired) electrons. The van der Waals surface area contributed by atoms with Crippen LogP contribution in [0.5, 0.6) is 0 Å². The van der Waals surface area contributed by atoms with Crippen LogP contribution in [-0.4, -0.2) is 64.4 Å². The fourth-order valence-corrected chi connectivity index (χ4v) is 5.38. The lowest BCUT2D eigenvalue weighted by molar-refractivity contribution is -0.133. The molecule has 2 fully saturated rings. The number of amides is 2. The Hall–Kier alpha value is -2.71. The molecule has 1 aromatic heterocycles. The van der Waals surface area contributed by atoms with E-state index in [0.717, 1.165) is 23.4 Å². The second-order valence-corrected chi connectivity index (χ2v) is 10.3. The highest BCUT2D eigenvalue weighted by molar-refractivity contribution is 6.30. The fraction of sp³-hybridized carbons (Fsp3) is 0.520. The summed E-state index contributed by atoms with van der Waals surface area (Å²) < 4.78 is 0. The average Bonchev–Trinajstić information content (AvgIpc) is 3.60. The fourth-order valence-electron chi connectivity index (χ4n) is 5.25. The van der Waals surface area contributed by atoms with Crippen molar-refractivity contribution < 1.29 is 9.59 Å². The molecule has 8 nitrogen and oxygen atoms in total. The molecule has 2 aromatic rings. The number of hydrogen-bond acceptors (Lipinski definition) is 6. The van der Waals surface area contributed by atoms with E-state index >= 15 is 0 Å². The Morgan fingerprint density at radius 2 is 1.97 bits per heavy atom. The number of rotatable bonds is 6. The van der Waals surface area contributed by atoms with Crippen LogP contribution in [0.2, 0.25) is 5.02 Å². The molecule has 34 heavy (non-hydrogen) atoms. The Bertz CT molecular complexity index is 1090. The van der Waals surface area contributed by atoms with E-state index < -0.39 is 0 Å². The topological polar surface area (TPSA) is 90.5 Å². The lowest BCUT2D eigenvalue weighted by Gasteiger charge is -2.38. The molecular formula is C25H31ClN6O2. The van der Waals surface area contributed by atoms with Gasteiger partial charge in [0.2, 0.25) is 11.8 Å².